The maximum Gasteiger partial charge on any atom is 0.410 e. The Morgan fingerprint density at radius 1 is 1.18 bits per heavy atom. The zero-order chi connectivity index (χ0) is 26.9. The second-order valence-corrected chi connectivity index (χ2v) is 10.4. The molecular formula is C27H27ClFN5O5. The number of ether oxygens (including phenoxy) is 2. The van der Waals surface area contributed by atoms with Crippen LogP contribution in [0, 0.1) is 5.82 Å². The first-order valence-corrected chi connectivity index (χ1v) is 13.3. The number of aromatic nitrogens is 2. The molecule has 0 bridgehead atoms. The number of rotatable bonds is 9. The van der Waals surface area contributed by atoms with Crippen molar-refractivity contribution in [2.24, 2.45) is 0 Å². The lowest BCUT2D eigenvalue weighted by atomic mass is 10.0. The molecule has 2 amide bonds. The van der Waals surface area contributed by atoms with Crippen molar-refractivity contribution < 1.29 is 28.0 Å². The number of nitrogens with one attached hydrogen (secondary N) is 2. The van der Waals surface area contributed by atoms with E-state index in [4.69, 9.17) is 25.6 Å². The summed E-state index contributed by atoms with van der Waals surface area (Å²) in [7, 11) is 0. The van der Waals surface area contributed by atoms with Crippen LogP contribution in [0.3, 0.4) is 0 Å². The number of piperidine rings is 1. The van der Waals surface area contributed by atoms with Crippen molar-refractivity contribution in [3.05, 3.63) is 64.3 Å². The zero-order valence-corrected chi connectivity index (χ0v) is 21.7. The van der Waals surface area contributed by atoms with Gasteiger partial charge in [-0.05, 0) is 42.7 Å². The average Bonchev–Trinajstić information content (AvgIpc) is 3.53. The van der Waals surface area contributed by atoms with Crippen molar-refractivity contribution in [1.29, 1.82) is 0 Å². The van der Waals surface area contributed by atoms with Gasteiger partial charge in [0, 0.05) is 37.0 Å². The number of amides is 2. The van der Waals surface area contributed by atoms with E-state index in [-0.39, 0.29) is 47.5 Å². The number of cyclic esters (lactones) is 1. The van der Waals surface area contributed by atoms with Crippen LogP contribution in [0.15, 0.2) is 40.9 Å². The number of hydrogen-bond donors (Lipinski definition) is 2. The summed E-state index contributed by atoms with van der Waals surface area (Å²) in [5, 5.41) is 10.7. The molecule has 2 atom stereocenters. The van der Waals surface area contributed by atoms with Crippen LogP contribution in [0.25, 0.3) is 11.4 Å². The summed E-state index contributed by atoms with van der Waals surface area (Å²) < 4.78 is 32.2. The summed E-state index contributed by atoms with van der Waals surface area (Å²) in [5.41, 5.74) is 0.934. The van der Waals surface area contributed by atoms with Crippen molar-refractivity contribution in [1.82, 2.24) is 25.7 Å². The van der Waals surface area contributed by atoms with E-state index in [1.165, 1.54) is 12.1 Å². The van der Waals surface area contributed by atoms with Crippen molar-refractivity contribution in [3.8, 4) is 17.1 Å². The summed E-state index contributed by atoms with van der Waals surface area (Å²) >= 11 is 5.93. The van der Waals surface area contributed by atoms with Gasteiger partial charge in [-0.3, -0.25) is 4.79 Å². The summed E-state index contributed by atoms with van der Waals surface area (Å²) in [6.45, 7) is 1.40. The first kappa shape index (κ1) is 25.6. The Kier molecular flexibility index (Phi) is 7.09. The number of fused-ring (bicyclic) bond motifs is 1. The number of nitrogens with zero attached hydrogens (tertiary/aromatic N) is 3. The van der Waals surface area contributed by atoms with E-state index in [0.29, 0.717) is 49.5 Å². The standard InChI is InChI=1S/C27H27ClFN5O5/c28-16-3-1-15(2-4-16)12-31-26(35)20-11-23(38-19-7-8-34-18(9-19)14-37-27(34)36)21(10-22(20)29)25-32-24(39-33-25)13-30-17-5-6-17/h1-4,10-11,17-19,30H,5-9,12-14H2,(H,31,35)/t18-,19-/m0/s1. The molecule has 1 saturated carbocycles. The van der Waals surface area contributed by atoms with Gasteiger partial charge in [0.25, 0.3) is 5.91 Å². The fourth-order valence-electron chi connectivity index (χ4n) is 4.78. The molecule has 3 aliphatic rings. The molecule has 3 heterocycles. The molecule has 0 radical (unpaired) electrons. The van der Waals surface area contributed by atoms with Crippen molar-refractivity contribution in [2.45, 2.75) is 57.0 Å². The van der Waals surface area contributed by atoms with E-state index >= 15 is 4.39 Å². The van der Waals surface area contributed by atoms with Gasteiger partial charge in [0.05, 0.1) is 23.7 Å². The van der Waals surface area contributed by atoms with E-state index in [9.17, 15) is 9.59 Å². The molecule has 3 aromatic rings. The summed E-state index contributed by atoms with van der Waals surface area (Å²) in [5.74, 6) is -0.521. The lowest BCUT2D eigenvalue weighted by Crippen LogP contribution is -2.44. The highest BCUT2D eigenvalue weighted by Crippen LogP contribution is 2.35. The van der Waals surface area contributed by atoms with E-state index in [0.717, 1.165) is 18.4 Å². The van der Waals surface area contributed by atoms with Crippen LogP contribution in [-0.2, 0) is 17.8 Å². The molecule has 2 saturated heterocycles. The SMILES string of the molecule is O=C(NCc1ccc(Cl)cc1)c1cc(O[C@H]2CCN3C(=O)OC[C@@H]3C2)c(-c2noc(CNC3CC3)n2)cc1F. The normalized spacial score (nSPS) is 20.5. The summed E-state index contributed by atoms with van der Waals surface area (Å²) in [6.07, 6.45) is 2.73. The van der Waals surface area contributed by atoms with Gasteiger partial charge in [0.2, 0.25) is 11.7 Å². The van der Waals surface area contributed by atoms with Crippen LogP contribution in [0.1, 0.15) is 47.5 Å². The Balaban J connectivity index is 1.24. The lowest BCUT2D eigenvalue weighted by Gasteiger charge is -2.32. The molecule has 0 spiro atoms. The Morgan fingerprint density at radius 3 is 2.79 bits per heavy atom. The maximum absolute atomic E-state index is 15.3. The van der Waals surface area contributed by atoms with Gasteiger partial charge in [-0.25, -0.2) is 9.18 Å². The zero-order valence-electron chi connectivity index (χ0n) is 21.0. The van der Waals surface area contributed by atoms with E-state index in [2.05, 4.69) is 20.8 Å². The minimum atomic E-state index is -0.738. The molecule has 39 heavy (non-hydrogen) atoms. The van der Waals surface area contributed by atoms with Crippen LogP contribution < -0.4 is 15.4 Å². The predicted octanol–water partition coefficient (Wildman–Crippen LogP) is 4.07. The third-order valence-electron chi connectivity index (χ3n) is 7.10. The summed E-state index contributed by atoms with van der Waals surface area (Å²) in [6, 6.07) is 9.96. The highest BCUT2D eigenvalue weighted by atomic mass is 35.5. The van der Waals surface area contributed by atoms with E-state index in [1.54, 1.807) is 29.2 Å². The number of carbonyl (C=O) groups excluding carboxylic acids is 2. The average molecular weight is 556 g/mol. The molecule has 1 aromatic heterocycles. The molecule has 204 valence electrons. The molecule has 10 nitrogen and oxygen atoms in total. The second kappa shape index (κ2) is 10.8. The number of hydrogen-bond acceptors (Lipinski definition) is 8. The second-order valence-electron chi connectivity index (χ2n) is 9.99. The fourth-order valence-corrected chi connectivity index (χ4v) is 4.91. The number of benzene rings is 2. The topological polar surface area (TPSA) is 119 Å². The van der Waals surface area contributed by atoms with E-state index in [1.807, 2.05) is 0 Å². The quantitative estimate of drug-likeness (QED) is 0.405. The Morgan fingerprint density at radius 2 is 2.00 bits per heavy atom. The maximum atomic E-state index is 15.3. The minimum absolute atomic E-state index is 0.0902. The number of halogens is 2. The van der Waals surface area contributed by atoms with Crippen LogP contribution in [0.4, 0.5) is 9.18 Å². The predicted molar refractivity (Wildman–Crippen MR) is 138 cm³/mol. The molecule has 2 N–H and O–H groups in total. The highest BCUT2D eigenvalue weighted by Gasteiger charge is 2.39. The third kappa shape index (κ3) is 5.84. The van der Waals surface area contributed by atoms with Gasteiger partial charge < -0.3 is 29.5 Å². The molecule has 2 aliphatic heterocycles. The molecule has 3 fully saturated rings. The molecular weight excluding hydrogens is 529 g/mol. The van der Waals surface area contributed by atoms with E-state index < -0.39 is 11.7 Å². The van der Waals surface area contributed by atoms with Gasteiger partial charge >= 0.3 is 6.09 Å². The fraction of sp³-hybridized carbons (Fsp3) is 0.407. The highest BCUT2D eigenvalue weighted by molar-refractivity contribution is 6.30. The molecule has 1 aliphatic carbocycles. The first-order valence-electron chi connectivity index (χ1n) is 13.0. The smallest absolute Gasteiger partial charge is 0.410 e. The van der Waals surface area contributed by atoms with Gasteiger partial charge in [-0.15, -0.1) is 0 Å². The van der Waals surface area contributed by atoms with Crippen molar-refractivity contribution in [2.75, 3.05) is 13.2 Å². The van der Waals surface area contributed by atoms with Crippen LogP contribution >= 0.6 is 11.6 Å². The van der Waals surface area contributed by atoms with Gasteiger partial charge in [-0.2, -0.15) is 4.98 Å². The van der Waals surface area contributed by atoms with Gasteiger partial charge in [0.1, 0.15) is 24.3 Å². The molecule has 0 unspecified atom stereocenters. The van der Waals surface area contributed by atoms with Crippen molar-refractivity contribution in [3.63, 3.8) is 0 Å². The van der Waals surface area contributed by atoms with Crippen molar-refractivity contribution >= 4 is 23.6 Å². The molecule has 2 aromatic carbocycles. The third-order valence-corrected chi connectivity index (χ3v) is 7.36. The Hall–Kier alpha value is -3.70. The lowest BCUT2D eigenvalue weighted by molar-refractivity contribution is 0.0915. The summed E-state index contributed by atoms with van der Waals surface area (Å²) in [4.78, 5) is 31.0. The largest absolute Gasteiger partial charge is 0.489 e. The van der Waals surface area contributed by atoms with Gasteiger partial charge in [-0.1, -0.05) is 28.9 Å². The molecule has 6 rings (SSSR count). The minimum Gasteiger partial charge on any atom is -0.489 e. The Labute approximate surface area is 228 Å². The first-order chi connectivity index (χ1) is 18.9. The van der Waals surface area contributed by atoms with Crippen LogP contribution in [-0.4, -0.2) is 58.4 Å². The number of carbonyl (C=O) groups is 2. The van der Waals surface area contributed by atoms with Crippen LogP contribution in [0.5, 0.6) is 5.75 Å². The Bertz CT molecular complexity index is 1380. The monoisotopic (exact) mass is 555 g/mol. The van der Waals surface area contributed by atoms with Gasteiger partial charge in [0.15, 0.2) is 0 Å². The molecule has 12 heteroatoms. The van der Waals surface area contributed by atoms with Crippen LogP contribution in [0.2, 0.25) is 5.02 Å².